The van der Waals surface area contributed by atoms with E-state index in [1.807, 2.05) is 16.8 Å². The number of benzene rings is 1. The van der Waals surface area contributed by atoms with E-state index in [2.05, 4.69) is 21.2 Å². The summed E-state index contributed by atoms with van der Waals surface area (Å²) in [5.74, 6) is -0.256. The Hall–Kier alpha value is -0.750. The van der Waals surface area contributed by atoms with Gasteiger partial charge in [0.25, 0.3) is 0 Å². The molecular weight excluding hydrogens is 317 g/mol. The lowest BCUT2D eigenvalue weighted by Gasteiger charge is -2.11. The number of hydrogen-bond acceptors (Lipinski definition) is 3. The van der Waals surface area contributed by atoms with Crippen molar-refractivity contribution < 1.29 is 9.50 Å². The molecule has 2 N–H and O–H groups in total. The molecule has 1 unspecified atom stereocenters. The van der Waals surface area contributed by atoms with Gasteiger partial charge in [-0.05, 0) is 46.2 Å². The van der Waals surface area contributed by atoms with E-state index in [0.717, 1.165) is 15.6 Å². The summed E-state index contributed by atoms with van der Waals surface area (Å²) in [4.78, 5) is 0. The first-order valence-electron chi connectivity index (χ1n) is 5.51. The van der Waals surface area contributed by atoms with Crippen molar-refractivity contribution in [3.63, 3.8) is 0 Å². The molecule has 1 aromatic carbocycles. The van der Waals surface area contributed by atoms with Crippen LogP contribution in [-0.2, 0) is 6.54 Å². The van der Waals surface area contributed by atoms with E-state index in [-0.39, 0.29) is 5.82 Å². The van der Waals surface area contributed by atoms with Gasteiger partial charge in [-0.25, -0.2) is 4.39 Å². The van der Waals surface area contributed by atoms with Crippen molar-refractivity contribution in [2.24, 2.45) is 0 Å². The molecule has 96 valence electrons. The highest BCUT2D eigenvalue weighted by molar-refractivity contribution is 9.10. The van der Waals surface area contributed by atoms with Crippen LogP contribution in [-0.4, -0.2) is 11.7 Å². The van der Waals surface area contributed by atoms with E-state index >= 15 is 0 Å². The van der Waals surface area contributed by atoms with E-state index in [9.17, 15) is 9.50 Å². The molecule has 1 heterocycles. The van der Waals surface area contributed by atoms with E-state index in [4.69, 9.17) is 0 Å². The second-order valence-corrected chi connectivity index (χ2v) is 5.57. The summed E-state index contributed by atoms with van der Waals surface area (Å²) in [6.07, 6.45) is -0.524. The molecule has 0 aliphatic heterocycles. The van der Waals surface area contributed by atoms with Crippen LogP contribution in [0.1, 0.15) is 17.2 Å². The van der Waals surface area contributed by atoms with Crippen LogP contribution >= 0.6 is 27.3 Å². The van der Waals surface area contributed by atoms with E-state index in [1.165, 1.54) is 12.1 Å². The van der Waals surface area contributed by atoms with Crippen molar-refractivity contribution in [2.45, 2.75) is 12.6 Å². The molecule has 0 radical (unpaired) electrons. The normalized spacial score (nSPS) is 12.6. The Balaban J connectivity index is 1.87. The average Bonchev–Trinajstić information content (AvgIpc) is 2.87. The van der Waals surface area contributed by atoms with Gasteiger partial charge in [-0.2, -0.15) is 11.3 Å². The number of aliphatic hydroxyl groups excluding tert-OH is 1. The zero-order valence-electron chi connectivity index (χ0n) is 9.57. The third kappa shape index (κ3) is 3.62. The fourth-order valence-electron chi connectivity index (χ4n) is 1.60. The Labute approximate surface area is 118 Å². The molecule has 0 amide bonds. The summed E-state index contributed by atoms with van der Waals surface area (Å²) >= 11 is 4.93. The van der Waals surface area contributed by atoms with Crippen molar-refractivity contribution in [3.05, 3.63) is 56.4 Å². The predicted octanol–water partition coefficient (Wildman–Crippen LogP) is 3.47. The van der Waals surface area contributed by atoms with Crippen LogP contribution in [0.25, 0.3) is 0 Å². The molecule has 0 fully saturated rings. The lowest BCUT2D eigenvalue weighted by Crippen LogP contribution is -2.21. The number of nitrogens with one attached hydrogen (secondary N) is 1. The number of halogens is 2. The maximum absolute atomic E-state index is 13.1. The van der Waals surface area contributed by atoms with Crippen LogP contribution in [0.4, 0.5) is 4.39 Å². The Morgan fingerprint density at radius 3 is 2.94 bits per heavy atom. The molecule has 1 aromatic heterocycles. The van der Waals surface area contributed by atoms with Crippen molar-refractivity contribution in [2.75, 3.05) is 6.54 Å². The first-order valence-corrected chi connectivity index (χ1v) is 7.25. The van der Waals surface area contributed by atoms with E-state index in [0.29, 0.717) is 13.1 Å². The number of thiophene rings is 1. The molecular formula is C13H13BrFNOS. The lowest BCUT2D eigenvalue weighted by atomic mass is 10.2. The molecule has 0 aliphatic rings. The molecule has 0 saturated carbocycles. The maximum Gasteiger partial charge on any atom is 0.123 e. The minimum absolute atomic E-state index is 0.256. The second-order valence-electron chi connectivity index (χ2n) is 3.94. The van der Waals surface area contributed by atoms with Gasteiger partial charge in [0, 0.05) is 17.6 Å². The maximum atomic E-state index is 13.1. The predicted molar refractivity (Wildman–Crippen MR) is 75.1 cm³/mol. The third-order valence-corrected chi connectivity index (χ3v) is 4.06. The SMILES string of the molecule is OC(CNCc1cc(F)ccc1Br)c1ccsc1. The minimum atomic E-state index is -0.524. The van der Waals surface area contributed by atoms with Crippen molar-refractivity contribution >= 4 is 27.3 Å². The molecule has 0 bridgehead atoms. The van der Waals surface area contributed by atoms with Crippen LogP contribution in [0, 0.1) is 5.82 Å². The second kappa shape index (κ2) is 6.43. The summed E-state index contributed by atoms with van der Waals surface area (Å²) in [5.41, 5.74) is 1.75. The Kier molecular flexibility index (Phi) is 4.88. The van der Waals surface area contributed by atoms with Gasteiger partial charge in [0.1, 0.15) is 5.82 Å². The minimum Gasteiger partial charge on any atom is -0.387 e. The van der Waals surface area contributed by atoms with Gasteiger partial charge in [-0.15, -0.1) is 0 Å². The van der Waals surface area contributed by atoms with Crippen LogP contribution in [0.15, 0.2) is 39.5 Å². The standard InChI is InChI=1S/C13H13BrFNOS/c14-12-2-1-11(15)5-10(12)6-16-7-13(17)9-3-4-18-8-9/h1-5,8,13,16-17H,6-7H2. The molecule has 0 spiro atoms. The monoisotopic (exact) mass is 329 g/mol. The summed E-state index contributed by atoms with van der Waals surface area (Å²) in [7, 11) is 0. The number of aliphatic hydroxyl groups is 1. The largest absolute Gasteiger partial charge is 0.387 e. The summed E-state index contributed by atoms with van der Waals surface area (Å²) in [5, 5.41) is 16.8. The van der Waals surface area contributed by atoms with Gasteiger partial charge in [-0.3, -0.25) is 0 Å². The Morgan fingerprint density at radius 1 is 1.39 bits per heavy atom. The summed E-state index contributed by atoms with van der Waals surface area (Å²) in [6, 6.07) is 6.47. The topological polar surface area (TPSA) is 32.3 Å². The van der Waals surface area contributed by atoms with Crippen LogP contribution in [0.2, 0.25) is 0 Å². The highest BCUT2D eigenvalue weighted by atomic mass is 79.9. The zero-order valence-corrected chi connectivity index (χ0v) is 12.0. The van der Waals surface area contributed by atoms with Gasteiger partial charge in [0.05, 0.1) is 6.10 Å². The highest BCUT2D eigenvalue weighted by Gasteiger charge is 2.08. The smallest absolute Gasteiger partial charge is 0.123 e. The van der Waals surface area contributed by atoms with Crippen LogP contribution in [0.5, 0.6) is 0 Å². The van der Waals surface area contributed by atoms with Gasteiger partial charge in [-0.1, -0.05) is 15.9 Å². The Morgan fingerprint density at radius 2 is 2.22 bits per heavy atom. The molecule has 5 heteroatoms. The quantitative estimate of drug-likeness (QED) is 0.880. The number of hydrogen-bond donors (Lipinski definition) is 2. The zero-order chi connectivity index (χ0) is 13.0. The molecule has 18 heavy (non-hydrogen) atoms. The van der Waals surface area contributed by atoms with Crippen LogP contribution in [0.3, 0.4) is 0 Å². The first-order chi connectivity index (χ1) is 8.66. The highest BCUT2D eigenvalue weighted by Crippen LogP contribution is 2.18. The fourth-order valence-corrected chi connectivity index (χ4v) is 2.70. The lowest BCUT2D eigenvalue weighted by molar-refractivity contribution is 0.175. The molecule has 2 nitrogen and oxygen atoms in total. The van der Waals surface area contributed by atoms with Crippen molar-refractivity contribution in [3.8, 4) is 0 Å². The Bertz CT molecular complexity index is 504. The van der Waals surface area contributed by atoms with Crippen LogP contribution < -0.4 is 5.32 Å². The van der Waals surface area contributed by atoms with E-state index < -0.39 is 6.10 Å². The molecule has 0 aliphatic carbocycles. The summed E-state index contributed by atoms with van der Waals surface area (Å²) in [6.45, 7) is 0.958. The molecule has 2 rings (SSSR count). The molecule has 2 aromatic rings. The molecule has 1 atom stereocenters. The van der Waals surface area contributed by atoms with E-state index in [1.54, 1.807) is 17.4 Å². The third-order valence-electron chi connectivity index (χ3n) is 2.59. The van der Waals surface area contributed by atoms with Gasteiger partial charge >= 0.3 is 0 Å². The van der Waals surface area contributed by atoms with Gasteiger partial charge in [0.2, 0.25) is 0 Å². The number of rotatable bonds is 5. The van der Waals surface area contributed by atoms with Crippen molar-refractivity contribution in [1.29, 1.82) is 0 Å². The van der Waals surface area contributed by atoms with Gasteiger partial charge in [0.15, 0.2) is 0 Å². The summed E-state index contributed by atoms with van der Waals surface area (Å²) < 4.78 is 13.9. The van der Waals surface area contributed by atoms with Crippen molar-refractivity contribution in [1.82, 2.24) is 5.32 Å². The first kappa shape index (κ1) is 13.7. The molecule has 0 saturated heterocycles. The fraction of sp³-hybridized carbons (Fsp3) is 0.231. The van der Waals surface area contributed by atoms with Gasteiger partial charge < -0.3 is 10.4 Å². The average molecular weight is 330 g/mol.